The number of likely N-dealkylation sites (tertiary alicyclic amines) is 1. The van der Waals surface area contributed by atoms with Crippen LogP contribution < -0.4 is 0 Å². The topological polar surface area (TPSA) is 43.7 Å². The van der Waals surface area contributed by atoms with E-state index in [1.807, 2.05) is 0 Å². The Kier molecular flexibility index (Phi) is 4.10. The SMILES string of the molecule is OC[C@@H]1CCCN1C[C@@H](O)c1cccc(F)c1. The van der Waals surface area contributed by atoms with Crippen molar-refractivity contribution in [1.82, 2.24) is 4.90 Å². The molecule has 17 heavy (non-hydrogen) atoms. The van der Waals surface area contributed by atoms with Gasteiger partial charge in [-0.25, -0.2) is 4.39 Å². The van der Waals surface area contributed by atoms with Crippen LogP contribution in [0.4, 0.5) is 4.39 Å². The molecule has 2 N–H and O–H groups in total. The Morgan fingerprint density at radius 2 is 2.29 bits per heavy atom. The molecule has 1 saturated heterocycles. The molecular weight excluding hydrogens is 221 g/mol. The zero-order chi connectivity index (χ0) is 12.3. The number of β-amino-alcohol motifs (C(OH)–C–C–N with tert-alkyl or cyclic N) is 1. The molecule has 1 fully saturated rings. The highest BCUT2D eigenvalue weighted by Gasteiger charge is 2.25. The van der Waals surface area contributed by atoms with Gasteiger partial charge in [0, 0.05) is 12.6 Å². The van der Waals surface area contributed by atoms with E-state index in [-0.39, 0.29) is 18.5 Å². The van der Waals surface area contributed by atoms with Gasteiger partial charge in [0.05, 0.1) is 12.7 Å². The Morgan fingerprint density at radius 1 is 1.47 bits per heavy atom. The first kappa shape index (κ1) is 12.5. The van der Waals surface area contributed by atoms with Gasteiger partial charge in [0.15, 0.2) is 0 Å². The summed E-state index contributed by atoms with van der Waals surface area (Å²) >= 11 is 0. The van der Waals surface area contributed by atoms with E-state index in [2.05, 4.69) is 4.90 Å². The Morgan fingerprint density at radius 3 is 3.00 bits per heavy atom. The van der Waals surface area contributed by atoms with Crippen LogP contribution in [0.1, 0.15) is 24.5 Å². The molecule has 0 saturated carbocycles. The lowest BCUT2D eigenvalue weighted by atomic mass is 10.1. The number of benzene rings is 1. The van der Waals surface area contributed by atoms with Gasteiger partial charge < -0.3 is 10.2 Å². The van der Waals surface area contributed by atoms with Gasteiger partial charge in [-0.1, -0.05) is 12.1 Å². The van der Waals surface area contributed by atoms with Crippen LogP contribution >= 0.6 is 0 Å². The Balaban J connectivity index is 1.99. The number of halogens is 1. The van der Waals surface area contributed by atoms with E-state index in [1.165, 1.54) is 12.1 Å². The van der Waals surface area contributed by atoms with E-state index < -0.39 is 6.10 Å². The smallest absolute Gasteiger partial charge is 0.123 e. The summed E-state index contributed by atoms with van der Waals surface area (Å²) < 4.78 is 13.0. The van der Waals surface area contributed by atoms with Crippen molar-refractivity contribution in [3.05, 3.63) is 35.6 Å². The summed E-state index contributed by atoms with van der Waals surface area (Å²) in [5.74, 6) is -0.332. The molecule has 0 spiro atoms. The predicted octanol–water partition coefficient (Wildman–Crippen LogP) is 1.32. The first-order valence-electron chi connectivity index (χ1n) is 5.99. The van der Waals surface area contributed by atoms with Crippen LogP contribution in [-0.4, -0.2) is 40.9 Å². The fourth-order valence-corrected chi connectivity index (χ4v) is 2.38. The van der Waals surface area contributed by atoms with Gasteiger partial charge in [0.1, 0.15) is 5.82 Å². The van der Waals surface area contributed by atoms with Crippen LogP contribution in [-0.2, 0) is 0 Å². The minimum atomic E-state index is -0.696. The molecule has 0 aromatic heterocycles. The maximum absolute atomic E-state index is 13.0. The van der Waals surface area contributed by atoms with Gasteiger partial charge in [-0.3, -0.25) is 4.90 Å². The molecule has 0 unspecified atom stereocenters. The molecule has 0 amide bonds. The number of aliphatic hydroxyl groups is 2. The Hall–Kier alpha value is -0.970. The average Bonchev–Trinajstić information content (AvgIpc) is 2.76. The first-order chi connectivity index (χ1) is 8.20. The predicted molar refractivity (Wildman–Crippen MR) is 63.0 cm³/mol. The summed E-state index contributed by atoms with van der Waals surface area (Å²) in [6.07, 6.45) is 1.31. The summed E-state index contributed by atoms with van der Waals surface area (Å²) in [5, 5.41) is 19.2. The first-order valence-corrected chi connectivity index (χ1v) is 5.99. The maximum atomic E-state index is 13.0. The van der Waals surface area contributed by atoms with Gasteiger partial charge in [-0.05, 0) is 37.1 Å². The second kappa shape index (κ2) is 5.58. The molecule has 0 aliphatic carbocycles. The molecule has 2 atom stereocenters. The van der Waals surface area contributed by atoms with Crippen molar-refractivity contribution >= 4 is 0 Å². The Labute approximate surface area is 100 Å². The molecule has 1 aliphatic heterocycles. The summed E-state index contributed by atoms with van der Waals surface area (Å²) in [6.45, 7) is 1.46. The van der Waals surface area contributed by atoms with Crippen molar-refractivity contribution in [2.24, 2.45) is 0 Å². The number of aliphatic hydroxyl groups excluding tert-OH is 2. The van der Waals surface area contributed by atoms with Crippen LogP contribution in [0.3, 0.4) is 0 Å². The van der Waals surface area contributed by atoms with E-state index in [9.17, 15) is 14.6 Å². The van der Waals surface area contributed by atoms with Crippen molar-refractivity contribution in [3.63, 3.8) is 0 Å². The second-order valence-corrected chi connectivity index (χ2v) is 4.54. The normalized spacial score (nSPS) is 22.9. The molecule has 3 nitrogen and oxygen atoms in total. The lowest BCUT2D eigenvalue weighted by Gasteiger charge is -2.25. The van der Waals surface area contributed by atoms with Crippen LogP contribution in [0.15, 0.2) is 24.3 Å². The number of hydrogen-bond donors (Lipinski definition) is 2. The number of nitrogens with zero attached hydrogens (tertiary/aromatic N) is 1. The van der Waals surface area contributed by atoms with Crippen molar-refractivity contribution < 1.29 is 14.6 Å². The monoisotopic (exact) mass is 239 g/mol. The molecule has 1 heterocycles. The lowest BCUT2D eigenvalue weighted by Crippen LogP contribution is -2.35. The molecular formula is C13H18FNO2. The van der Waals surface area contributed by atoms with Gasteiger partial charge in [0.2, 0.25) is 0 Å². The summed E-state index contributed by atoms with van der Waals surface area (Å²) in [4.78, 5) is 2.07. The highest BCUT2D eigenvalue weighted by molar-refractivity contribution is 5.19. The molecule has 1 aliphatic rings. The highest BCUT2D eigenvalue weighted by atomic mass is 19.1. The minimum absolute atomic E-state index is 0.121. The van der Waals surface area contributed by atoms with Crippen molar-refractivity contribution in [3.8, 4) is 0 Å². The van der Waals surface area contributed by atoms with Crippen molar-refractivity contribution in [2.75, 3.05) is 19.7 Å². The number of hydrogen-bond acceptors (Lipinski definition) is 3. The van der Waals surface area contributed by atoms with Crippen molar-refractivity contribution in [1.29, 1.82) is 0 Å². The molecule has 94 valence electrons. The standard InChI is InChI=1S/C13H18FNO2/c14-11-4-1-3-10(7-11)13(17)8-15-6-2-5-12(15)9-16/h1,3-4,7,12-13,16-17H,2,5-6,8-9H2/t12-,13+/m0/s1. The summed E-state index contributed by atoms with van der Waals surface area (Å²) in [6, 6.07) is 6.18. The zero-order valence-electron chi connectivity index (χ0n) is 9.72. The van der Waals surface area contributed by atoms with Crippen molar-refractivity contribution in [2.45, 2.75) is 25.0 Å². The third kappa shape index (κ3) is 3.03. The Bertz CT molecular complexity index is 372. The molecule has 1 aromatic rings. The van der Waals surface area contributed by atoms with Crippen LogP contribution in [0.25, 0.3) is 0 Å². The van der Waals surface area contributed by atoms with Crippen LogP contribution in [0, 0.1) is 5.82 Å². The second-order valence-electron chi connectivity index (χ2n) is 4.54. The zero-order valence-corrected chi connectivity index (χ0v) is 9.72. The third-order valence-electron chi connectivity index (χ3n) is 3.35. The average molecular weight is 239 g/mol. The van der Waals surface area contributed by atoms with E-state index in [4.69, 9.17) is 0 Å². The number of rotatable bonds is 4. The van der Waals surface area contributed by atoms with E-state index in [0.717, 1.165) is 19.4 Å². The molecule has 4 heteroatoms. The lowest BCUT2D eigenvalue weighted by molar-refractivity contribution is 0.0849. The van der Waals surface area contributed by atoms with Gasteiger partial charge in [0.25, 0.3) is 0 Å². The van der Waals surface area contributed by atoms with Gasteiger partial charge in [-0.15, -0.1) is 0 Å². The summed E-state index contributed by atoms with van der Waals surface area (Å²) in [5.41, 5.74) is 0.591. The highest BCUT2D eigenvalue weighted by Crippen LogP contribution is 2.22. The minimum Gasteiger partial charge on any atom is -0.395 e. The van der Waals surface area contributed by atoms with Gasteiger partial charge in [-0.2, -0.15) is 0 Å². The molecule has 0 radical (unpaired) electrons. The van der Waals surface area contributed by atoms with Crippen LogP contribution in [0.2, 0.25) is 0 Å². The largest absolute Gasteiger partial charge is 0.395 e. The maximum Gasteiger partial charge on any atom is 0.123 e. The van der Waals surface area contributed by atoms with E-state index in [0.29, 0.717) is 12.1 Å². The molecule has 2 rings (SSSR count). The quantitative estimate of drug-likeness (QED) is 0.832. The fourth-order valence-electron chi connectivity index (χ4n) is 2.38. The third-order valence-corrected chi connectivity index (χ3v) is 3.35. The molecule has 1 aromatic carbocycles. The van der Waals surface area contributed by atoms with E-state index >= 15 is 0 Å². The molecule has 0 bridgehead atoms. The van der Waals surface area contributed by atoms with Crippen LogP contribution in [0.5, 0.6) is 0 Å². The van der Waals surface area contributed by atoms with E-state index in [1.54, 1.807) is 12.1 Å². The fraction of sp³-hybridized carbons (Fsp3) is 0.538. The summed E-state index contributed by atoms with van der Waals surface area (Å²) in [7, 11) is 0. The van der Waals surface area contributed by atoms with Gasteiger partial charge >= 0.3 is 0 Å².